The average Bonchev–Trinajstić information content (AvgIpc) is 3.71. The lowest BCUT2D eigenvalue weighted by atomic mass is 10.0. The third kappa shape index (κ3) is 7.49. The van der Waals surface area contributed by atoms with Gasteiger partial charge in [-0.3, -0.25) is 4.79 Å². The van der Waals surface area contributed by atoms with Gasteiger partial charge in [0.2, 0.25) is 0 Å². The van der Waals surface area contributed by atoms with E-state index in [1.165, 1.54) is 18.2 Å². The Bertz CT molecular complexity index is 1220. The van der Waals surface area contributed by atoms with Crippen LogP contribution in [0.4, 0.5) is 23.7 Å². The Hall–Kier alpha value is -4.01. The maximum Gasteiger partial charge on any atom is 0.416 e. The number of nitrogens with one attached hydrogen (secondary N) is 2. The van der Waals surface area contributed by atoms with E-state index < -0.39 is 29.8 Å². The molecule has 1 aliphatic carbocycles. The summed E-state index contributed by atoms with van der Waals surface area (Å²) in [7, 11) is 0. The summed E-state index contributed by atoms with van der Waals surface area (Å²) in [6.07, 6.45) is -2.16. The number of ether oxygens (including phenoxy) is 1. The Morgan fingerprint density at radius 2 is 1.65 bits per heavy atom. The molecule has 194 valence electrons. The summed E-state index contributed by atoms with van der Waals surface area (Å²) in [4.78, 5) is 24.9. The second-order valence-corrected chi connectivity index (χ2v) is 9.06. The molecule has 3 N–H and O–H groups in total. The van der Waals surface area contributed by atoms with Crippen LogP contribution in [-0.4, -0.2) is 17.1 Å². The fourth-order valence-corrected chi connectivity index (χ4v) is 3.87. The van der Waals surface area contributed by atoms with Crippen molar-refractivity contribution in [1.82, 2.24) is 5.32 Å². The Balaban J connectivity index is 1.32. The SMILES string of the molecule is O=C(NCc1ccc(C(=O)Nc2ccccc2O)cc1)O[C@@H](CCC1CC1)c1ccc(C(F)(F)F)cc1. The summed E-state index contributed by atoms with van der Waals surface area (Å²) in [5.74, 6) is 0.141. The highest BCUT2D eigenvalue weighted by Gasteiger charge is 2.31. The first kappa shape index (κ1) is 26.1. The molecular weight excluding hydrogens is 485 g/mol. The van der Waals surface area contributed by atoms with Crippen molar-refractivity contribution in [3.8, 4) is 5.75 Å². The van der Waals surface area contributed by atoms with Crippen molar-refractivity contribution in [2.75, 3.05) is 5.32 Å². The normalized spacial score (nSPS) is 14.0. The molecule has 9 heteroatoms. The number of benzene rings is 3. The van der Waals surface area contributed by atoms with E-state index in [0.717, 1.165) is 37.0 Å². The van der Waals surface area contributed by atoms with Gasteiger partial charge in [-0.05, 0) is 66.3 Å². The maximum atomic E-state index is 12.9. The van der Waals surface area contributed by atoms with Crippen molar-refractivity contribution in [2.45, 2.75) is 44.5 Å². The monoisotopic (exact) mass is 512 g/mol. The summed E-state index contributed by atoms with van der Waals surface area (Å²) in [6.45, 7) is 0.141. The van der Waals surface area contributed by atoms with Crippen molar-refractivity contribution in [2.24, 2.45) is 5.92 Å². The first-order chi connectivity index (χ1) is 17.7. The number of para-hydroxylation sites is 2. The van der Waals surface area contributed by atoms with Gasteiger partial charge < -0.3 is 20.5 Å². The van der Waals surface area contributed by atoms with E-state index in [1.807, 2.05) is 0 Å². The van der Waals surface area contributed by atoms with E-state index in [4.69, 9.17) is 4.74 Å². The predicted octanol–water partition coefficient (Wildman–Crippen LogP) is 6.82. The van der Waals surface area contributed by atoms with Gasteiger partial charge >= 0.3 is 12.3 Å². The number of halogens is 3. The van der Waals surface area contributed by atoms with Gasteiger partial charge in [-0.15, -0.1) is 0 Å². The van der Waals surface area contributed by atoms with Gasteiger partial charge in [-0.25, -0.2) is 4.79 Å². The number of hydrogen-bond acceptors (Lipinski definition) is 4. The van der Waals surface area contributed by atoms with Crippen molar-refractivity contribution in [1.29, 1.82) is 0 Å². The predicted molar refractivity (Wildman–Crippen MR) is 132 cm³/mol. The van der Waals surface area contributed by atoms with Crippen LogP contribution in [0.5, 0.6) is 5.75 Å². The smallest absolute Gasteiger partial charge is 0.416 e. The first-order valence-corrected chi connectivity index (χ1v) is 12.0. The molecule has 0 heterocycles. The van der Waals surface area contributed by atoms with Crippen molar-refractivity contribution >= 4 is 17.7 Å². The number of hydrogen-bond donors (Lipinski definition) is 3. The van der Waals surface area contributed by atoms with Crippen LogP contribution < -0.4 is 10.6 Å². The molecule has 3 aromatic rings. The number of alkyl halides is 3. The zero-order valence-corrected chi connectivity index (χ0v) is 19.9. The minimum atomic E-state index is -4.43. The molecule has 1 atom stereocenters. The van der Waals surface area contributed by atoms with Gasteiger partial charge in [0.15, 0.2) is 0 Å². The Kier molecular flexibility index (Phi) is 8.01. The molecule has 37 heavy (non-hydrogen) atoms. The highest BCUT2D eigenvalue weighted by molar-refractivity contribution is 6.05. The molecule has 0 radical (unpaired) electrons. The van der Waals surface area contributed by atoms with Gasteiger partial charge in [0.05, 0.1) is 11.3 Å². The van der Waals surface area contributed by atoms with E-state index in [9.17, 15) is 27.9 Å². The molecule has 1 aliphatic rings. The van der Waals surface area contributed by atoms with Gasteiger partial charge in [0.1, 0.15) is 11.9 Å². The lowest BCUT2D eigenvalue weighted by Gasteiger charge is -2.19. The van der Waals surface area contributed by atoms with Crippen LogP contribution in [0, 0.1) is 5.92 Å². The summed E-state index contributed by atoms with van der Waals surface area (Å²) in [5, 5.41) is 15.1. The highest BCUT2D eigenvalue weighted by atomic mass is 19.4. The molecule has 1 fully saturated rings. The van der Waals surface area contributed by atoms with Crippen LogP contribution >= 0.6 is 0 Å². The number of carbonyl (C=O) groups excluding carboxylic acids is 2. The van der Waals surface area contributed by atoms with E-state index in [0.29, 0.717) is 29.2 Å². The van der Waals surface area contributed by atoms with Crippen LogP contribution in [0.25, 0.3) is 0 Å². The summed E-state index contributed by atoms with van der Waals surface area (Å²) >= 11 is 0. The summed E-state index contributed by atoms with van der Waals surface area (Å²) < 4.78 is 44.3. The maximum absolute atomic E-state index is 12.9. The van der Waals surface area contributed by atoms with Crippen molar-refractivity contribution in [3.63, 3.8) is 0 Å². The van der Waals surface area contributed by atoms with E-state index in [2.05, 4.69) is 10.6 Å². The summed E-state index contributed by atoms with van der Waals surface area (Å²) in [6, 6.07) is 17.6. The number of carbonyl (C=O) groups is 2. The van der Waals surface area contributed by atoms with E-state index >= 15 is 0 Å². The number of aromatic hydroxyl groups is 1. The molecule has 6 nitrogen and oxygen atoms in total. The molecule has 0 spiro atoms. The quantitative estimate of drug-likeness (QED) is 0.275. The third-order valence-electron chi connectivity index (χ3n) is 6.20. The Labute approximate surface area is 212 Å². The zero-order chi connectivity index (χ0) is 26.4. The number of phenolic OH excluding ortho intramolecular Hbond substituents is 1. The van der Waals surface area contributed by atoms with Crippen LogP contribution in [0.3, 0.4) is 0 Å². The molecule has 0 aliphatic heterocycles. The Morgan fingerprint density at radius 1 is 0.973 bits per heavy atom. The standard InChI is InChI=1S/C28H27F3N2O4/c29-28(30,31)22-14-12-20(13-15-22)25(16-9-18-5-6-18)37-27(36)32-17-19-7-10-21(11-8-19)26(35)33-23-3-1-2-4-24(23)34/h1-4,7-8,10-15,18,25,34H,5-6,9,16-17H2,(H,32,36)(H,33,35)/t25-/m0/s1. The number of amides is 2. The molecule has 0 unspecified atom stereocenters. The molecule has 3 aromatic carbocycles. The van der Waals surface area contributed by atoms with Gasteiger partial charge in [-0.1, -0.05) is 49.2 Å². The molecule has 1 saturated carbocycles. The van der Waals surface area contributed by atoms with E-state index in [1.54, 1.807) is 42.5 Å². The molecule has 2 amide bonds. The molecule has 4 rings (SSSR count). The van der Waals surface area contributed by atoms with Crippen LogP contribution in [0.15, 0.2) is 72.8 Å². The van der Waals surface area contributed by atoms with Crippen LogP contribution in [0.1, 0.15) is 58.8 Å². The fraction of sp³-hybridized carbons (Fsp3) is 0.286. The van der Waals surface area contributed by atoms with Gasteiger partial charge in [-0.2, -0.15) is 13.2 Å². The van der Waals surface area contributed by atoms with Crippen molar-refractivity contribution < 1.29 is 32.6 Å². The average molecular weight is 513 g/mol. The second-order valence-electron chi connectivity index (χ2n) is 9.06. The molecule has 0 aromatic heterocycles. The van der Waals surface area contributed by atoms with Crippen molar-refractivity contribution in [3.05, 3.63) is 95.1 Å². The van der Waals surface area contributed by atoms with E-state index in [-0.39, 0.29) is 12.3 Å². The molecule has 0 bridgehead atoms. The van der Waals surface area contributed by atoms with Crippen LogP contribution in [-0.2, 0) is 17.5 Å². The second kappa shape index (κ2) is 11.4. The first-order valence-electron chi connectivity index (χ1n) is 12.0. The number of phenols is 1. The minimum absolute atomic E-state index is 0.0399. The fourth-order valence-electron chi connectivity index (χ4n) is 3.87. The Morgan fingerprint density at radius 3 is 2.27 bits per heavy atom. The largest absolute Gasteiger partial charge is 0.506 e. The lowest BCUT2D eigenvalue weighted by molar-refractivity contribution is -0.137. The zero-order valence-electron chi connectivity index (χ0n) is 19.9. The van der Waals surface area contributed by atoms with Gasteiger partial charge in [0, 0.05) is 12.1 Å². The van der Waals surface area contributed by atoms with Gasteiger partial charge in [0.25, 0.3) is 5.91 Å². The van der Waals surface area contributed by atoms with Crippen LogP contribution in [0.2, 0.25) is 0 Å². The minimum Gasteiger partial charge on any atom is -0.506 e. The highest BCUT2D eigenvalue weighted by Crippen LogP contribution is 2.37. The summed E-state index contributed by atoms with van der Waals surface area (Å²) in [5.41, 5.74) is 1.16. The lowest BCUT2D eigenvalue weighted by Crippen LogP contribution is -2.26. The molecular formula is C28H27F3N2O4. The number of rotatable bonds is 9. The number of alkyl carbamates (subject to hydrolysis) is 1. The third-order valence-corrected chi connectivity index (χ3v) is 6.20. The number of anilines is 1. The molecule has 0 saturated heterocycles. The topological polar surface area (TPSA) is 87.7 Å².